The number of hydrogen-bond acceptors (Lipinski definition) is 3. The molecule has 0 aliphatic rings. The molecule has 1 amide bonds. The second-order valence-corrected chi connectivity index (χ2v) is 5.29. The van der Waals surface area contributed by atoms with Crippen LogP contribution in [0.1, 0.15) is 27.9 Å². The number of anilines is 1. The molecule has 3 aromatic rings. The number of carbonyl (C=O) groups is 1. The first kappa shape index (κ1) is 16.7. The van der Waals surface area contributed by atoms with E-state index in [1.165, 1.54) is 6.33 Å². The van der Waals surface area contributed by atoms with E-state index in [2.05, 4.69) is 15.4 Å². The van der Waals surface area contributed by atoms with Gasteiger partial charge in [0.2, 0.25) is 0 Å². The van der Waals surface area contributed by atoms with Gasteiger partial charge in [0, 0.05) is 11.3 Å². The van der Waals surface area contributed by atoms with Crippen LogP contribution in [-0.2, 0) is 6.54 Å². The third-order valence-corrected chi connectivity index (χ3v) is 3.48. The van der Waals surface area contributed by atoms with Gasteiger partial charge < -0.3 is 5.32 Å². The number of nitrogens with one attached hydrogen (secondary N) is 1. The van der Waals surface area contributed by atoms with Crippen LogP contribution in [0.15, 0.2) is 55.1 Å². The summed E-state index contributed by atoms with van der Waals surface area (Å²) in [5.74, 6) is -1.65. The van der Waals surface area contributed by atoms with Crippen LogP contribution in [0.5, 0.6) is 0 Å². The number of hydrogen-bond donors (Lipinski definition) is 1. The SMILES string of the molecule is O=C(Nc1cccc(Cn2cncn2)c1)c1cc(C(F)F)ccc1F. The van der Waals surface area contributed by atoms with Crippen LogP contribution in [0.3, 0.4) is 0 Å². The van der Waals surface area contributed by atoms with Gasteiger partial charge in [0.25, 0.3) is 12.3 Å². The number of amides is 1. The highest BCUT2D eigenvalue weighted by Gasteiger charge is 2.16. The van der Waals surface area contributed by atoms with E-state index in [9.17, 15) is 18.0 Å². The minimum Gasteiger partial charge on any atom is -0.322 e. The third-order valence-electron chi connectivity index (χ3n) is 3.48. The lowest BCUT2D eigenvalue weighted by Crippen LogP contribution is -2.14. The summed E-state index contributed by atoms with van der Waals surface area (Å²) in [4.78, 5) is 16.1. The van der Waals surface area contributed by atoms with Crippen molar-refractivity contribution in [1.29, 1.82) is 0 Å². The van der Waals surface area contributed by atoms with Gasteiger partial charge >= 0.3 is 0 Å². The number of aromatic nitrogens is 3. The van der Waals surface area contributed by atoms with Crippen molar-refractivity contribution in [3.63, 3.8) is 0 Å². The van der Waals surface area contributed by atoms with Crippen LogP contribution in [0.2, 0.25) is 0 Å². The Morgan fingerprint density at radius 2 is 2.04 bits per heavy atom. The van der Waals surface area contributed by atoms with Crippen molar-refractivity contribution in [3.05, 3.63) is 77.6 Å². The molecule has 25 heavy (non-hydrogen) atoms. The molecule has 0 radical (unpaired) electrons. The van der Waals surface area contributed by atoms with Gasteiger partial charge in [-0.05, 0) is 29.8 Å². The molecular formula is C17H13F3N4O. The standard InChI is InChI=1S/C17H13F3N4O/c18-15-5-4-12(16(19)20)7-14(15)17(25)23-13-3-1-2-11(6-13)8-24-10-21-9-22-24/h1-7,9-10,16H,8H2,(H,23,25). The molecule has 0 bridgehead atoms. The third kappa shape index (κ3) is 4.03. The summed E-state index contributed by atoms with van der Waals surface area (Å²) in [6.07, 6.45) is 0.180. The molecule has 0 unspecified atom stereocenters. The maximum atomic E-state index is 13.8. The zero-order valence-corrected chi connectivity index (χ0v) is 12.9. The van der Waals surface area contributed by atoms with E-state index in [0.717, 1.165) is 23.8 Å². The van der Waals surface area contributed by atoms with Gasteiger partial charge in [-0.25, -0.2) is 22.8 Å². The molecule has 0 aliphatic carbocycles. The van der Waals surface area contributed by atoms with E-state index in [4.69, 9.17) is 0 Å². The Morgan fingerprint density at radius 1 is 1.20 bits per heavy atom. The Morgan fingerprint density at radius 3 is 2.76 bits per heavy atom. The highest BCUT2D eigenvalue weighted by Crippen LogP contribution is 2.22. The van der Waals surface area contributed by atoms with Crippen LogP contribution >= 0.6 is 0 Å². The van der Waals surface area contributed by atoms with Crippen molar-refractivity contribution >= 4 is 11.6 Å². The minimum atomic E-state index is -2.78. The summed E-state index contributed by atoms with van der Waals surface area (Å²) in [5, 5.41) is 6.50. The molecule has 3 rings (SSSR count). The molecule has 0 saturated heterocycles. The number of carbonyl (C=O) groups excluding carboxylic acids is 1. The first-order valence-electron chi connectivity index (χ1n) is 7.33. The lowest BCUT2D eigenvalue weighted by atomic mass is 10.1. The van der Waals surface area contributed by atoms with Crippen LogP contribution in [0.25, 0.3) is 0 Å². The van der Waals surface area contributed by atoms with Crippen LogP contribution in [0.4, 0.5) is 18.9 Å². The average Bonchev–Trinajstić information content (AvgIpc) is 3.08. The van der Waals surface area contributed by atoms with Gasteiger partial charge in [0.05, 0.1) is 12.1 Å². The van der Waals surface area contributed by atoms with Crippen molar-refractivity contribution in [2.45, 2.75) is 13.0 Å². The monoisotopic (exact) mass is 346 g/mol. The number of alkyl halides is 2. The molecule has 0 aliphatic heterocycles. The molecule has 2 aromatic carbocycles. The van der Waals surface area contributed by atoms with Crippen LogP contribution in [-0.4, -0.2) is 20.7 Å². The fourth-order valence-electron chi connectivity index (χ4n) is 2.30. The molecule has 1 N–H and O–H groups in total. The maximum absolute atomic E-state index is 13.8. The number of nitrogens with zero attached hydrogens (tertiary/aromatic N) is 3. The molecule has 8 heteroatoms. The lowest BCUT2D eigenvalue weighted by molar-refractivity contribution is 0.102. The molecule has 1 heterocycles. The summed E-state index contributed by atoms with van der Waals surface area (Å²) < 4.78 is 40.9. The van der Waals surface area contributed by atoms with Gasteiger partial charge in [0.15, 0.2) is 0 Å². The average molecular weight is 346 g/mol. The Kier molecular flexibility index (Phi) is 4.78. The second-order valence-electron chi connectivity index (χ2n) is 5.29. The first-order valence-corrected chi connectivity index (χ1v) is 7.33. The second kappa shape index (κ2) is 7.16. The number of benzene rings is 2. The van der Waals surface area contributed by atoms with E-state index >= 15 is 0 Å². The fraction of sp³-hybridized carbons (Fsp3) is 0.118. The molecule has 0 saturated carbocycles. The van der Waals surface area contributed by atoms with Crippen molar-refractivity contribution in [2.24, 2.45) is 0 Å². The summed E-state index contributed by atoms with van der Waals surface area (Å²) in [5.41, 5.74) is 0.417. The van der Waals surface area contributed by atoms with E-state index in [1.54, 1.807) is 29.2 Å². The van der Waals surface area contributed by atoms with Crippen LogP contribution < -0.4 is 5.32 Å². The van der Waals surface area contributed by atoms with Crippen molar-refractivity contribution in [1.82, 2.24) is 14.8 Å². The van der Waals surface area contributed by atoms with Gasteiger partial charge in [-0.1, -0.05) is 18.2 Å². The summed E-state index contributed by atoms with van der Waals surface area (Å²) in [6, 6.07) is 9.52. The van der Waals surface area contributed by atoms with Gasteiger partial charge in [-0.2, -0.15) is 5.10 Å². The molecule has 0 fully saturated rings. The molecule has 5 nitrogen and oxygen atoms in total. The van der Waals surface area contributed by atoms with Crippen LogP contribution in [0, 0.1) is 5.82 Å². The Balaban J connectivity index is 1.78. The highest BCUT2D eigenvalue weighted by atomic mass is 19.3. The molecule has 0 spiro atoms. The predicted molar refractivity (Wildman–Crippen MR) is 84.9 cm³/mol. The predicted octanol–water partition coefficient (Wildman–Crippen LogP) is 3.66. The molecule has 128 valence electrons. The van der Waals surface area contributed by atoms with E-state index in [0.29, 0.717) is 12.2 Å². The van der Waals surface area contributed by atoms with Gasteiger partial charge in [0.1, 0.15) is 18.5 Å². The minimum absolute atomic E-state index is 0.411. The number of halogens is 3. The largest absolute Gasteiger partial charge is 0.322 e. The first-order chi connectivity index (χ1) is 12.0. The Bertz CT molecular complexity index is 881. The van der Waals surface area contributed by atoms with E-state index in [-0.39, 0.29) is 0 Å². The fourth-order valence-corrected chi connectivity index (χ4v) is 2.30. The highest BCUT2D eigenvalue weighted by molar-refractivity contribution is 6.04. The Labute approximate surface area is 141 Å². The maximum Gasteiger partial charge on any atom is 0.263 e. The zero-order chi connectivity index (χ0) is 17.8. The summed E-state index contributed by atoms with van der Waals surface area (Å²) in [7, 11) is 0. The molecule has 1 aromatic heterocycles. The molecular weight excluding hydrogens is 333 g/mol. The summed E-state index contributed by atoms with van der Waals surface area (Å²) >= 11 is 0. The molecule has 0 atom stereocenters. The summed E-state index contributed by atoms with van der Waals surface area (Å²) in [6.45, 7) is 0.443. The smallest absolute Gasteiger partial charge is 0.263 e. The van der Waals surface area contributed by atoms with Crippen molar-refractivity contribution in [3.8, 4) is 0 Å². The normalized spacial score (nSPS) is 10.9. The Hall–Kier alpha value is -3.16. The van der Waals surface area contributed by atoms with Crippen molar-refractivity contribution in [2.75, 3.05) is 5.32 Å². The topological polar surface area (TPSA) is 59.8 Å². The van der Waals surface area contributed by atoms with Gasteiger partial charge in [-0.15, -0.1) is 0 Å². The van der Waals surface area contributed by atoms with Gasteiger partial charge in [-0.3, -0.25) is 4.79 Å². The number of rotatable bonds is 5. The van der Waals surface area contributed by atoms with E-state index < -0.39 is 29.3 Å². The van der Waals surface area contributed by atoms with Crippen molar-refractivity contribution < 1.29 is 18.0 Å². The lowest BCUT2D eigenvalue weighted by Gasteiger charge is -2.09. The zero-order valence-electron chi connectivity index (χ0n) is 12.9. The van der Waals surface area contributed by atoms with E-state index in [1.807, 2.05) is 6.07 Å². The quantitative estimate of drug-likeness (QED) is 0.767.